The second kappa shape index (κ2) is 7.47. The predicted octanol–water partition coefficient (Wildman–Crippen LogP) is 1.56. The van der Waals surface area contributed by atoms with Crippen molar-refractivity contribution in [3.63, 3.8) is 0 Å². The molecular weight excluding hydrogens is 306 g/mol. The number of benzene rings is 1. The first-order valence-corrected chi connectivity index (χ1v) is 8.61. The van der Waals surface area contributed by atoms with Gasteiger partial charge in [0.2, 0.25) is 11.8 Å². The van der Waals surface area contributed by atoms with Gasteiger partial charge in [-0.05, 0) is 43.5 Å². The van der Waals surface area contributed by atoms with Gasteiger partial charge in [0.15, 0.2) is 0 Å². The molecule has 128 valence electrons. The van der Waals surface area contributed by atoms with Crippen molar-refractivity contribution in [3.05, 3.63) is 29.8 Å². The van der Waals surface area contributed by atoms with E-state index in [1.807, 2.05) is 4.90 Å². The Kier molecular flexibility index (Phi) is 5.13. The van der Waals surface area contributed by atoms with Crippen molar-refractivity contribution in [2.45, 2.75) is 32.1 Å². The van der Waals surface area contributed by atoms with E-state index in [1.165, 1.54) is 0 Å². The summed E-state index contributed by atoms with van der Waals surface area (Å²) in [6.45, 7) is 2.76. The third-order valence-electron chi connectivity index (χ3n) is 4.60. The van der Waals surface area contributed by atoms with E-state index < -0.39 is 0 Å². The Morgan fingerprint density at radius 3 is 2.33 bits per heavy atom. The van der Waals surface area contributed by atoms with Gasteiger partial charge in [-0.15, -0.1) is 0 Å². The Morgan fingerprint density at radius 2 is 1.71 bits per heavy atom. The molecule has 2 fully saturated rings. The van der Waals surface area contributed by atoms with E-state index in [-0.39, 0.29) is 17.7 Å². The first-order valence-electron chi connectivity index (χ1n) is 8.61. The number of anilines is 1. The van der Waals surface area contributed by atoms with Gasteiger partial charge in [-0.25, -0.2) is 0 Å². The maximum atomic E-state index is 12.1. The van der Waals surface area contributed by atoms with E-state index in [4.69, 9.17) is 0 Å². The van der Waals surface area contributed by atoms with Crippen LogP contribution in [0.4, 0.5) is 5.69 Å². The van der Waals surface area contributed by atoms with Crippen LogP contribution in [0.15, 0.2) is 24.3 Å². The van der Waals surface area contributed by atoms with Crippen LogP contribution in [0.3, 0.4) is 0 Å². The monoisotopic (exact) mass is 329 g/mol. The van der Waals surface area contributed by atoms with E-state index >= 15 is 0 Å². The zero-order chi connectivity index (χ0) is 16.9. The number of carbonyl (C=O) groups excluding carboxylic acids is 3. The van der Waals surface area contributed by atoms with Gasteiger partial charge in [-0.1, -0.05) is 0 Å². The van der Waals surface area contributed by atoms with E-state index in [1.54, 1.807) is 29.2 Å². The second-order valence-corrected chi connectivity index (χ2v) is 6.29. The number of carbonyl (C=O) groups is 3. The fraction of sp³-hybridized carbons (Fsp3) is 0.500. The van der Waals surface area contributed by atoms with Crippen LogP contribution in [0.25, 0.3) is 0 Å². The summed E-state index contributed by atoms with van der Waals surface area (Å²) in [5.41, 5.74) is 1.37. The molecule has 0 unspecified atom stereocenters. The molecular formula is C18H23N3O3. The van der Waals surface area contributed by atoms with Crippen LogP contribution in [0.1, 0.15) is 42.5 Å². The topological polar surface area (TPSA) is 69.7 Å². The summed E-state index contributed by atoms with van der Waals surface area (Å²) in [6.07, 6.45) is 3.96. The number of nitrogens with zero attached hydrogens (tertiary/aromatic N) is 2. The lowest BCUT2D eigenvalue weighted by molar-refractivity contribution is -0.130. The summed E-state index contributed by atoms with van der Waals surface area (Å²) in [6, 6.07) is 7.04. The molecule has 0 aliphatic carbocycles. The molecule has 3 amide bonds. The van der Waals surface area contributed by atoms with Crippen molar-refractivity contribution < 1.29 is 14.4 Å². The number of amides is 3. The van der Waals surface area contributed by atoms with Crippen LogP contribution in [0, 0.1) is 0 Å². The van der Waals surface area contributed by atoms with Crippen LogP contribution in [-0.4, -0.2) is 48.8 Å². The van der Waals surface area contributed by atoms with Crippen molar-refractivity contribution in [1.29, 1.82) is 0 Å². The fourth-order valence-electron chi connectivity index (χ4n) is 3.22. The van der Waals surface area contributed by atoms with Gasteiger partial charge in [0.1, 0.15) is 0 Å². The third-order valence-corrected chi connectivity index (χ3v) is 4.60. The van der Waals surface area contributed by atoms with Crippen molar-refractivity contribution in [1.82, 2.24) is 10.2 Å². The van der Waals surface area contributed by atoms with Crippen LogP contribution in [-0.2, 0) is 9.59 Å². The highest BCUT2D eigenvalue weighted by atomic mass is 16.2. The lowest BCUT2D eigenvalue weighted by Crippen LogP contribution is -2.32. The number of likely N-dealkylation sites (tertiary alicyclic amines) is 1. The Bertz CT molecular complexity index is 621. The lowest BCUT2D eigenvalue weighted by Gasteiger charge is -2.16. The SMILES string of the molecule is O=C(NCCC(=O)N1CCCC1)c1ccc(N2CCCC2=O)cc1. The molecule has 0 aromatic heterocycles. The largest absolute Gasteiger partial charge is 0.352 e. The number of hydrogen-bond donors (Lipinski definition) is 1. The third kappa shape index (κ3) is 3.75. The van der Waals surface area contributed by atoms with Crippen LogP contribution in [0.2, 0.25) is 0 Å². The predicted molar refractivity (Wildman–Crippen MR) is 90.8 cm³/mol. The Morgan fingerprint density at radius 1 is 1.00 bits per heavy atom. The summed E-state index contributed by atoms with van der Waals surface area (Å²) in [4.78, 5) is 39.4. The van der Waals surface area contributed by atoms with Gasteiger partial charge in [-0.2, -0.15) is 0 Å². The molecule has 0 bridgehead atoms. The van der Waals surface area contributed by atoms with E-state index in [9.17, 15) is 14.4 Å². The molecule has 2 heterocycles. The number of rotatable bonds is 5. The van der Waals surface area contributed by atoms with Crippen molar-refractivity contribution in [3.8, 4) is 0 Å². The van der Waals surface area contributed by atoms with Crippen molar-refractivity contribution in [2.24, 2.45) is 0 Å². The quantitative estimate of drug-likeness (QED) is 0.891. The molecule has 6 nitrogen and oxygen atoms in total. The first-order chi connectivity index (χ1) is 11.6. The summed E-state index contributed by atoms with van der Waals surface area (Å²) in [5.74, 6) is 0.0480. The number of hydrogen-bond acceptors (Lipinski definition) is 3. The summed E-state index contributed by atoms with van der Waals surface area (Å²) < 4.78 is 0. The second-order valence-electron chi connectivity index (χ2n) is 6.29. The normalized spacial score (nSPS) is 17.4. The first kappa shape index (κ1) is 16.5. The molecule has 2 aliphatic rings. The molecule has 0 saturated carbocycles. The molecule has 3 rings (SSSR count). The van der Waals surface area contributed by atoms with E-state index in [0.29, 0.717) is 24.9 Å². The summed E-state index contributed by atoms with van der Waals surface area (Å²) >= 11 is 0. The minimum Gasteiger partial charge on any atom is -0.352 e. The van der Waals surface area contributed by atoms with Gasteiger partial charge in [0.25, 0.3) is 5.91 Å². The van der Waals surface area contributed by atoms with Gasteiger partial charge < -0.3 is 15.1 Å². The standard InChI is InChI=1S/C18H23N3O3/c22-16(20-11-1-2-12-20)9-10-19-18(24)14-5-7-15(8-6-14)21-13-3-4-17(21)23/h5-8H,1-4,9-13H2,(H,19,24). The maximum Gasteiger partial charge on any atom is 0.251 e. The van der Waals surface area contributed by atoms with Gasteiger partial charge in [-0.3, -0.25) is 14.4 Å². The molecule has 1 N–H and O–H groups in total. The van der Waals surface area contributed by atoms with Crippen LogP contribution >= 0.6 is 0 Å². The Hall–Kier alpha value is -2.37. The molecule has 0 radical (unpaired) electrons. The van der Waals surface area contributed by atoms with Crippen LogP contribution in [0.5, 0.6) is 0 Å². The smallest absolute Gasteiger partial charge is 0.251 e. The number of nitrogens with one attached hydrogen (secondary N) is 1. The minimum atomic E-state index is -0.191. The van der Waals surface area contributed by atoms with Crippen LogP contribution < -0.4 is 10.2 Å². The zero-order valence-electron chi connectivity index (χ0n) is 13.8. The van der Waals surface area contributed by atoms with E-state index in [0.717, 1.165) is 44.6 Å². The molecule has 1 aromatic rings. The molecule has 6 heteroatoms. The highest BCUT2D eigenvalue weighted by Crippen LogP contribution is 2.21. The summed E-state index contributed by atoms with van der Waals surface area (Å²) in [5, 5.41) is 2.78. The molecule has 0 atom stereocenters. The lowest BCUT2D eigenvalue weighted by atomic mass is 10.2. The Balaban J connectivity index is 1.48. The minimum absolute atomic E-state index is 0.107. The highest BCUT2D eigenvalue weighted by molar-refractivity contribution is 5.97. The molecule has 1 aromatic carbocycles. The fourth-order valence-corrected chi connectivity index (χ4v) is 3.22. The average molecular weight is 329 g/mol. The maximum absolute atomic E-state index is 12.1. The van der Waals surface area contributed by atoms with Gasteiger partial charge in [0, 0.05) is 50.3 Å². The molecule has 24 heavy (non-hydrogen) atoms. The summed E-state index contributed by atoms with van der Waals surface area (Å²) in [7, 11) is 0. The molecule has 2 saturated heterocycles. The highest BCUT2D eigenvalue weighted by Gasteiger charge is 2.22. The Labute approximate surface area is 141 Å². The molecule has 2 aliphatic heterocycles. The van der Waals surface area contributed by atoms with Crippen molar-refractivity contribution >= 4 is 23.4 Å². The van der Waals surface area contributed by atoms with Crippen molar-refractivity contribution in [2.75, 3.05) is 31.1 Å². The van der Waals surface area contributed by atoms with Gasteiger partial charge in [0.05, 0.1) is 0 Å². The molecule has 0 spiro atoms. The van der Waals surface area contributed by atoms with E-state index in [2.05, 4.69) is 5.32 Å². The zero-order valence-corrected chi connectivity index (χ0v) is 13.8. The average Bonchev–Trinajstić information content (AvgIpc) is 3.26. The van der Waals surface area contributed by atoms with Gasteiger partial charge >= 0.3 is 0 Å².